The molecule has 3 saturated carbocycles. The number of benzene rings is 3. The Kier molecular flexibility index (Phi) is 12.8. The van der Waals surface area contributed by atoms with E-state index >= 15 is 0 Å². The number of methoxy groups -OCH3 is 1. The third-order valence-electron chi connectivity index (χ3n) is 12.9. The highest BCUT2D eigenvalue weighted by molar-refractivity contribution is 5.97. The standard InChI is InChI=1S/C46H62N4O6/c1-27(2)32-19-33(21-34(20-32)44(53)47-36(25-49(7)8)18-30-14-11-10-12-15-30)37-17-13-16-31(43(37)55-9)24-50-42(41(29(4)52)40(26-51)56-50)45(54)48-39-23-35-22-38(28(39)3)46(35,5)6/h10-17,19-21,28-29,35-36,38-42,51-52H,1,18,22-26H2,2-9H3,(H,47,53)(H,48,54)/t28-,29-,35+,36-,38-,39-,40-,41+,42-/m0/s1. The zero-order chi connectivity index (χ0) is 40.5. The van der Waals surface area contributed by atoms with E-state index in [9.17, 15) is 19.8 Å². The third kappa shape index (κ3) is 8.60. The van der Waals surface area contributed by atoms with E-state index < -0.39 is 24.2 Å². The number of aliphatic hydroxyl groups excluding tert-OH is 2. The summed E-state index contributed by atoms with van der Waals surface area (Å²) in [6, 6.07) is 20.8. The van der Waals surface area contributed by atoms with E-state index in [1.165, 1.54) is 6.42 Å². The molecule has 3 aliphatic carbocycles. The van der Waals surface area contributed by atoms with E-state index in [1.807, 2.05) is 75.6 Å². The number of aliphatic hydroxyl groups is 2. The van der Waals surface area contributed by atoms with Crippen LogP contribution in [0.5, 0.6) is 5.75 Å². The second kappa shape index (κ2) is 17.2. The quantitative estimate of drug-likeness (QED) is 0.150. The first kappa shape index (κ1) is 41.6. The fourth-order valence-electron chi connectivity index (χ4n) is 9.76. The van der Waals surface area contributed by atoms with Gasteiger partial charge in [0, 0.05) is 41.2 Å². The number of allylic oxidation sites excluding steroid dienone is 1. The lowest BCUT2D eigenvalue weighted by Crippen LogP contribution is -2.62. The van der Waals surface area contributed by atoms with Crippen LogP contribution in [-0.4, -0.2) is 96.7 Å². The van der Waals surface area contributed by atoms with Gasteiger partial charge in [-0.15, -0.1) is 0 Å². The molecule has 56 heavy (non-hydrogen) atoms. The number of hydrogen-bond donors (Lipinski definition) is 4. The van der Waals surface area contributed by atoms with Crippen molar-refractivity contribution in [3.63, 3.8) is 0 Å². The molecular weight excluding hydrogens is 705 g/mol. The molecule has 1 aliphatic heterocycles. The van der Waals surface area contributed by atoms with Crippen molar-refractivity contribution in [2.45, 2.75) is 90.8 Å². The predicted octanol–water partition coefficient (Wildman–Crippen LogP) is 5.96. The monoisotopic (exact) mass is 766 g/mol. The minimum absolute atomic E-state index is 0.0327. The van der Waals surface area contributed by atoms with Crippen molar-refractivity contribution in [3.05, 3.63) is 95.6 Å². The van der Waals surface area contributed by atoms with Gasteiger partial charge in [-0.1, -0.05) is 81.5 Å². The summed E-state index contributed by atoms with van der Waals surface area (Å²) >= 11 is 0. The highest BCUT2D eigenvalue weighted by atomic mass is 16.7. The van der Waals surface area contributed by atoms with Gasteiger partial charge in [-0.3, -0.25) is 14.4 Å². The Morgan fingerprint density at radius 2 is 1.79 bits per heavy atom. The Morgan fingerprint density at radius 1 is 1.07 bits per heavy atom. The first-order valence-corrected chi connectivity index (χ1v) is 20.1. The third-order valence-corrected chi connectivity index (χ3v) is 12.9. The van der Waals surface area contributed by atoms with Gasteiger partial charge in [0.1, 0.15) is 17.9 Å². The number of nitrogens with zero attached hydrogens (tertiary/aromatic N) is 2. The molecule has 4 fully saturated rings. The first-order chi connectivity index (χ1) is 26.6. The average molecular weight is 767 g/mol. The number of carbonyl (C=O) groups is 2. The van der Waals surface area contributed by atoms with Gasteiger partial charge in [0.15, 0.2) is 0 Å². The van der Waals surface area contributed by atoms with Crippen molar-refractivity contribution in [2.75, 3.05) is 34.4 Å². The summed E-state index contributed by atoms with van der Waals surface area (Å²) < 4.78 is 6.10. The summed E-state index contributed by atoms with van der Waals surface area (Å²) in [5, 5.41) is 29.6. The Bertz CT molecular complexity index is 1880. The van der Waals surface area contributed by atoms with E-state index in [0.29, 0.717) is 42.0 Å². The van der Waals surface area contributed by atoms with Crippen molar-refractivity contribution in [1.82, 2.24) is 20.6 Å². The highest BCUT2D eigenvalue weighted by Crippen LogP contribution is 2.61. The molecule has 0 unspecified atom stereocenters. The molecule has 2 amide bonds. The summed E-state index contributed by atoms with van der Waals surface area (Å²) in [5.41, 5.74) is 5.87. The number of carbonyl (C=O) groups excluding carboxylic acids is 2. The summed E-state index contributed by atoms with van der Waals surface area (Å²) in [7, 11) is 5.61. The highest BCUT2D eigenvalue weighted by Gasteiger charge is 2.57. The second-order valence-corrected chi connectivity index (χ2v) is 17.4. The predicted molar refractivity (Wildman–Crippen MR) is 221 cm³/mol. The van der Waals surface area contributed by atoms with Crippen molar-refractivity contribution >= 4 is 17.4 Å². The molecule has 4 aliphatic rings. The normalized spacial score (nSPS) is 26.6. The molecular formula is C46H62N4O6. The van der Waals surface area contributed by atoms with Gasteiger partial charge in [0.25, 0.3) is 5.91 Å². The van der Waals surface area contributed by atoms with Gasteiger partial charge >= 0.3 is 0 Å². The van der Waals surface area contributed by atoms with Gasteiger partial charge in [0.05, 0.1) is 26.4 Å². The summed E-state index contributed by atoms with van der Waals surface area (Å²) in [6.45, 7) is 15.2. The van der Waals surface area contributed by atoms with Gasteiger partial charge in [0.2, 0.25) is 5.91 Å². The minimum atomic E-state index is -0.906. The summed E-state index contributed by atoms with van der Waals surface area (Å²) in [4.78, 5) is 36.7. The van der Waals surface area contributed by atoms with Gasteiger partial charge in [-0.25, -0.2) is 0 Å². The fourth-order valence-corrected chi connectivity index (χ4v) is 9.76. The number of hydroxylamine groups is 2. The fraction of sp³-hybridized carbons (Fsp3) is 0.522. The van der Waals surface area contributed by atoms with Gasteiger partial charge < -0.3 is 30.5 Å². The van der Waals surface area contributed by atoms with Crippen molar-refractivity contribution < 1.29 is 29.4 Å². The first-order valence-electron chi connectivity index (χ1n) is 20.1. The molecule has 0 aromatic heterocycles. The molecule has 4 N–H and O–H groups in total. The van der Waals surface area contributed by atoms with Crippen LogP contribution < -0.4 is 15.4 Å². The zero-order valence-corrected chi connectivity index (χ0v) is 34.4. The summed E-state index contributed by atoms with van der Waals surface area (Å²) in [5.74, 6) is 0.982. The second-order valence-electron chi connectivity index (χ2n) is 17.4. The number of rotatable bonds is 15. The van der Waals surface area contributed by atoms with E-state index in [4.69, 9.17) is 9.57 Å². The van der Waals surface area contributed by atoms with Crippen LogP contribution >= 0.6 is 0 Å². The SMILES string of the molecule is C=C(C)c1cc(C(=O)N[C@@H](Cc2ccccc2)CN(C)C)cc(-c2cccc(CN3O[C@@H](CO)[C@@H]([C@H](C)O)[C@H]3C(=O)N[C@H]3C[C@H]4C[C@@H]([C@@H]3C)C4(C)C)c2OC)c1. The average Bonchev–Trinajstić information content (AvgIpc) is 3.53. The molecule has 10 nitrogen and oxygen atoms in total. The Morgan fingerprint density at radius 3 is 2.39 bits per heavy atom. The van der Waals surface area contributed by atoms with Crippen LogP contribution in [0.2, 0.25) is 0 Å². The molecule has 0 radical (unpaired) electrons. The Labute approximate surface area is 333 Å². The molecule has 7 rings (SSSR count). The Hall–Kier alpha value is -4.06. The lowest BCUT2D eigenvalue weighted by Gasteiger charge is -2.62. The number of amides is 2. The van der Waals surface area contributed by atoms with Crippen LogP contribution in [0.4, 0.5) is 0 Å². The summed E-state index contributed by atoms with van der Waals surface area (Å²) in [6.07, 6.45) is 1.15. The molecule has 10 heteroatoms. The molecule has 3 aromatic carbocycles. The van der Waals surface area contributed by atoms with E-state index in [-0.39, 0.29) is 42.5 Å². The molecule has 1 saturated heterocycles. The number of ether oxygens (including phenoxy) is 1. The van der Waals surface area contributed by atoms with Gasteiger partial charge in [-0.05, 0) is 105 Å². The largest absolute Gasteiger partial charge is 0.496 e. The lowest BCUT2D eigenvalue weighted by atomic mass is 9.45. The number of fused-ring (bicyclic) bond motifs is 2. The van der Waals surface area contributed by atoms with E-state index in [2.05, 4.69) is 55.0 Å². The molecule has 1 heterocycles. The number of para-hydroxylation sites is 1. The van der Waals surface area contributed by atoms with Crippen molar-refractivity contribution in [2.24, 2.45) is 29.1 Å². The van der Waals surface area contributed by atoms with Crippen LogP contribution in [0.3, 0.4) is 0 Å². The van der Waals surface area contributed by atoms with Crippen LogP contribution in [0, 0.1) is 29.1 Å². The maximum atomic E-state index is 14.3. The Balaban J connectivity index is 1.28. The van der Waals surface area contributed by atoms with Crippen LogP contribution in [0.1, 0.15) is 74.5 Å². The lowest BCUT2D eigenvalue weighted by molar-refractivity contribution is -0.183. The van der Waals surface area contributed by atoms with Gasteiger partial charge in [-0.2, -0.15) is 5.06 Å². The van der Waals surface area contributed by atoms with E-state index in [1.54, 1.807) is 19.1 Å². The number of hydrogen-bond acceptors (Lipinski definition) is 8. The van der Waals surface area contributed by atoms with E-state index in [0.717, 1.165) is 39.8 Å². The minimum Gasteiger partial charge on any atom is -0.496 e. The topological polar surface area (TPSA) is 124 Å². The maximum Gasteiger partial charge on any atom is 0.251 e. The molecule has 0 spiro atoms. The van der Waals surface area contributed by atoms with Crippen LogP contribution in [0.25, 0.3) is 16.7 Å². The maximum absolute atomic E-state index is 14.3. The molecule has 2 bridgehead atoms. The molecule has 302 valence electrons. The number of nitrogens with one attached hydrogen (secondary N) is 2. The van der Waals surface area contributed by atoms with Crippen LogP contribution in [-0.2, 0) is 22.6 Å². The molecule has 3 aromatic rings. The van der Waals surface area contributed by atoms with Crippen LogP contribution in [0.15, 0.2) is 73.3 Å². The number of likely N-dealkylation sites (N-methyl/N-ethyl adjacent to an activating group) is 1. The zero-order valence-electron chi connectivity index (χ0n) is 34.4. The molecule has 9 atom stereocenters. The van der Waals surface area contributed by atoms with Crippen molar-refractivity contribution in [3.8, 4) is 16.9 Å². The van der Waals surface area contributed by atoms with Crippen molar-refractivity contribution in [1.29, 1.82) is 0 Å². The smallest absolute Gasteiger partial charge is 0.251 e.